The number of aromatic nitrogens is 3. The van der Waals surface area contributed by atoms with Crippen LogP contribution in [0.15, 0.2) is 12.4 Å². The van der Waals surface area contributed by atoms with Crippen LogP contribution in [0.25, 0.3) is 5.78 Å². The van der Waals surface area contributed by atoms with Gasteiger partial charge in [0.15, 0.2) is 0 Å². The Morgan fingerprint density at radius 3 is 2.73 bits per heavy atom. The summed E-state index contributed by atoms with van der Waals surface area (Å²) in [5, 5.41) is 0. The van der Waals surface area contributed by atoms with Crippen LogP contribution in [0.5, 0.6) is 5.88 Å². The molecule has 0 radical (unpaired) electrons. The van der Waals surface area contributed by atoms with E-state index in [2.05, 4.69) is 31.2 Å². The molecule has 0 N–H and O–H groups in total. The summed E-state index contributed by atoms with van der Waals surface area (Å²) in [7, 11) is 0. The van der Waals surface area contributed by atoms with E-state index >= 15 is 0 Å². The normalized spacial score (nSPS) is 33.7. The zero-order valence-corrected chi connectivity index (χ0v) is 13.1. The third-order valence-corrected chi connectivity index (χ3v) is 5.58. The second-order valence-corrected chi connectivity index (χ2v) is 7.61. The van der Waals surface area contributed by atoms with Crippen molar-refractivity contribution in [3.05, 3.63) is 23.7 Å². The van der Waals surface area contributed by atoms with E-state index < -0.39 is 0 Å². The Labute approximate surface area is 129 Å². The van der Waals surface area contributed by atoms with Crippen LogP contribution in [0.4, 0.5) is 0 Å². The Morgan fingerprint density at radius 2 is 2.09 bits per heavy atom. The van der Waals surface area contributed by atoms with Crippen LogP contribution in [-0.2, 0) is 10.2 Å². The quantitative estimate of drug-likeness (QED) is 0.874. The maximum Gasteiger partial charge on any atom is 0.237 e. The topological polar surface area (TPSA) is 48.7 Å². The molecule has 2 saturated carbocycles. The molecular formula is C17H21N3O2. The predicted octanol–water partition coefficient (Wildman–Crippen LogP) is 2.79. The first-order valence-electron chi connectivity index (χ1n) is 8.23. The van der Waals surface area contributed by atoms with Crippen molar-refractivity contribution < 1.29 is 9.47 Å². The molecule has 0 aromatic carbocycles. The lowest BCUT2D eigenvalue weighted by Gasteiger charge is -2.41. The second kappa shape index (κ2) is 4.02. The van der Waals surface area contributed by atoms with Gasteiger partial charge in [0.05, 0.1) is 17.9 Å². The number of imidazole rings is 1. The van der Waals surface area contributed by atoms with Crippen LogP contribution >= 0.6 is 0 Å². The van der Waals surface area contributed by atoms with Gasteiger partial charge in [-0.3, -0.25) is 4.40 Å². The predicted molar refractivity (Wildman–Crippen MR) is 81.3 cm³/mol. The molecule has 6 rings (SSSR count). The molecule has 2 aliphatic heterocycles. The highest BCUT2D eigenvalue weighted by atomic mass is 16.5. The molecule has 2 bridgehead atoms. The number of hydrogen-bond acceptors (Lipinski definition) is 4. The Hall–Kier alpha value is -1.62. The summed E-state index contributed by atoms with van der Waals surface area (Å²) in [6, 6.07) is 0. The molecule has 4 heterocycles. The molecule has 4 fully saturated rings. The van der Waals surface area contributed by atoms with Crippen LogP contribution in [0.1, 0.15) is 50.3 Å². The average Bonchev–Trinajstić information content (AvgIpc) is 3.04. The minimum atomic E-state index is 0.0810. The molecule has 2 aliphatic carbocycles. The van der Waals surface area contributed by atoms with Gasteiger partial charge in [-0.25, -0.2) is 4.98 Å². The number of rotatable bonds is 3. The Bertz CT molecular complexity index is 757. The van der Waals surface area contributed by atoms with Gasteiger partial charge in [-0.05, 0) is 46.0 Å². The number of nitrogens with zero attached hydrogens (tertiary/aromatic N) is 3. The zero-order valence-electron chi connectivity index (χ0n) is 13.1. The molecule has 5 nitrogen and oxygen atoms in total. The fourth-order valence-electron chi connectivity index (χ4n) is 4.18. The molecule has 0 amide bonds. The van der Waals surface area contributed by atoms with Gasteiger partial charge in [-0.2, -0.15) is 4.98 Å². The summed E-state index contributed by atoms with van der Waals surface area (Å²) in [5.41, 5.74) is 2.39. The molecule has 22 heavy (non-hydrogen) atoms. The lowest BCUT2D eigenvalue weighted by Crippen LogP contribution is -2.45. The van der Waals surface area contributed by atoms with E-state index in [-0.39, 0.29) is 11.0 Å². The lowest BCUT2D eigenvalue weighted by molar-refractivity contribution is 0.0154. The van der Waals surface area contributed by atoms with E-state index in [0.717, 1.165) is 55.2 Å². The Balaban J connectivity index is 1.51. The third-order valence-electron chi connectivity index (χ3n) is 5.58. The average molecular weight is 299 g/mol. The van der Waals surface area contributed by atoms with Crippen molar-refractivity contribution in [3.63, 3.8) is 0 Å². The molecule has 5 heteroatoms. The van der Waals surface area contributed by atoms with Crippen molar-refractivity contribution >= 4 is 5.78 Å². The summed E-state index contributed by atoms with van der Waals surface area (Å²) in [5.74, 6) is 1.48. The number of ether oxygens (including phenoxy) is 2. The van der Waals surface area contributed by atoms with E-state index in [9.17, 15) is 0 Å². The molecule has 4 aliphatic rings. The van der Waals surface area contributed by atoms with Crippen molar-refractivity contribution in [2.75, 3.05) is 6.61 Å². The molecule has 2 aromatic heterocycles. The molecule has 0 spiro atoms. The largest absolute Gasteiger partial charge is 0.474 e. The van der Waals surface area contributed by atoms with Crippen molar-refractivity contribution in [1.82, 2.24) is 14.4 Å². The van der Waals surface area contributed by atoms with E-state index in [1.54, 1.807) is 0 Å². The fraction of sp³-hybridized carbons (Fsp3) is 0.647. The van der Waals surface area contributed by atoms with Gasteiger partial charge in [0.1, 0.15) is 6.10 Å². The summed E-state index contributed by atoms with van der Waals surface area (Å²) in [6.07, 6.45) is 10.3. The maximum atomic E-state index is 5.99. The number of aryl methyl sites for hydroxylation is 1. The van der Waals surface area contributed by atoms with Gasteiger partial charge in [0.2, 0.25) is 11.7 Å². The summed E-state index contributed by atoms with van der Waals surface area (Å²) >= 11 is 0. The first-order valence-corrected chi connectivity index (χ1v) is 8.23. The molecular weight excluding hydrogens is 278 g/mol. The van der Waals surface area contributed by atoms with Gasteiger partial charge >= 0.3 is 0 Å². The van der Waals surface area contributed by atoms with Gasteiger partial charge in [0.25, 0.3) is 0 Å². The standard InChI is InChI=1S/C17H21N3O2/c1-11-6-20-7-13(17-8-16(2,9-17)21-10-17)18-15(20)19-14(11)22-12-4-3-5-12/h6-7,12H,3-5,8-10H2,1-2H3. The minimum absolute atomic E-state index is 0.0810. The van der Waals surface area contributed by atoms with Crippen LogP contribution in [-0.4, -0.2) is 32.7 Å². The summed E-state index contributed by atoms with van der Waals surface area (Å²) < 4.78 is 13.9. The molecule has 116 valence electrons. The molecule has 2 saturated heterocycles. The van der Waals surface area contributed by atoms with E-state index in [1.807, 2.05) is 4.40 Å². The molecule has 2 aromatic rings. The van der Waals surface area contributed by atoms with Crippen molar-refractivity contribution in [2.24, 2.45) is 0 Å². The van der Waals surface area contributed by atoms with Gasteiger partial charge in [0, 0.05) is 23.4 Å². The highest BCUT2D eigenvalue weighted by molar-refractivity contribution is 5.41. The maximum absolute atomic E-state index is 5.99. The van der Waals surface area contributed by atoms with Crippen molar-refractivity contribution in [3.8, 4) is 5.88 Å². The summed E-state index contributed by atoms with van der Waals surface area (Å²) in [6.45, 7) is 5.04. The van der Waals surface area contributed by atoms with E-state index in [1.165, 1.54) is 6.42 Å². The minimum Gasteiger partial charge on any atom is -0.474 e. The number of fused-ring (bicyclic) bond motifs is 2. The van der Waals surface area contributed by atoms with Gasteiger partial charge < -0.3 is 9.47 Å². The zero-order chi connectivity index (χ0) is 14.9. The fourth-order valence-corrected chi connectivity index (χ4v) is 4.18. The van der Waals surface area contributed by atoms with Gasteiger partial charge in [-0.1, -0.05) is 0 Å². The second-order valence-electron chi connectivity index (χ2n) is 7.61. The van der Waals surface area contributed by atoms with Crippen LogP contribution < -0.4 is 4.74 Å². The Morgan fingerprint density at radius 1 is 1.27 bits per heavy atom. The van der Waals surface area contributed by atoms with Gasteiger partial charge in [-0.15, -0.1) is 0 Å². The van der Waals surface area contributed by atoms with Crippen LogP contribution in [0.2, 0.25) is 0 Å². The highest BCUT2D eigenvalue weighted by Crippen LogP contribution is 2.58. The van der Waals surface area contributed by atoms with Crippen LogP contribution in [0.3, 0.4) is 0 Å². The van der Waals surface area contributed by atoms with Crippen LogP contribution in [0, 0.1) is 6.92 Å². The SMILES string of the molecule is Cc1cn2cc(C34COC(C)(C3)C4)nc2nc1OC1CCC1. The van der Waals surface area contributed by atoms with Crippen molar-refractivity contribution in [2.45, 2.75) is 63.1 Å². The molecule has 0 unspecified atom stereocenters. The monoisotopic (exact) mass is 299 g/mol. The first kappa shape index (κ1) is 12.9. The van der Waals surface area contributed by atoms with Crippen molar-refractivity contribution in [1.29, 1.82) is 0 Å². The highest BCUT2D eigenvalue weighted by Gasteiger charge is 2.61. The molecule has 0 atom stereocenters. The third kappa shape index (κ3) is 1.69. The van der Waals surface area contributed by atoms with E-state index in [4.69, 9.17) is 14.5 Å². The Kier molecular flexibility index (Phi) is 2.35. The smallest absolute Gasteiger partial charge is 0.237 e. The van der Waals surface area contributed by atoms with E-state index in [0.29, 0.717) is 6.10 Å². The first-order chi connectivity index (χ1) is 10.6. The number of hydrogen-bond donors (Lipinski definition) is 0. The summed E-state index contributed by atoms with van der Waals surface area (Å²) in [4.78, 5) is 9.42. The lowest BCUT2D eigenvalue weighted by atomic mass is 9.62.